The molecule has 1 aromatic rings. The van der Waals surface area contributed by atoms with Gasteiger partial charge in [0.15, 0.2) is 0 Å². The lowest BCUT2D eigenvalue weighted by atomic mass is 10.1. The molecule has 21 heavy (non-hydrogen) atoms. The van der Waals surface area contributed by atoms with Crippen LogP contribution < -0.4 is 4.74 Å². The number of carbonyl (C=O) groups is 2. The third kappa shape index (κ3) is 2.46. The fourth-order valence-electron chi connectivity index (χ4n) is 2.98. The predicted octanol–water partition coefficient (Wildman–Crippen LogP) is 2.63. The number of rotatable bonds is 4. The molecular weight excluding hydrogens is 266 g/mol. The average Bonchev–Trinajstić information content (AvgIpc) is 3.00. The van der Waals surface area contributed by atoms with Gasteiger partial charge in [0.25, 0.3) is 11.8 Å². The Morgan fingerprint density at radius 3 is 2.62 bits per heavy atom. The van der Waals surface area contributed by atoms with Gasteiger partial charge in [0.2, 0.25) is 0 Å². The van der Waals surface area contributed by atoms with Crippen LogP contribution in [0.4, 0.5) is 0 Å². The summed E-state index contributed by atoms with van der Waals surface area (Å²) in [6, 6.07) is 5.74. The van der Waals surface area contributed by atoms with Crippen molar-refractivity contribution >= 4 is 11.8 Å². The van der Waals surface area contributed by atoms with Crippen molar-refractivity contribution in [3.8, 4) is 5.75 Å². The molecule has 4 heteroatoms. The van der Waals surface area contributed by atoms with Crippen LogP contribution in [0.2, 0.25) is 0 Å². The molecule has 0 bridgehead atoms. The summed E-state index contributed by atoms with van der Waals surface area (Å²) in [5.74, 6) is 0.914. The van der Waals surface area contributed by atoms with E-state index in [0.29, 0.717) is 12.5 Å². The van der Waals surface area contributed by atoms with Gasteiger partial charge in [-0.1, -0.05) is 26.0 Å². The van der Waals surface area contributed by atoms with Crippen LogP contribution in [-0.4, -0.2) is 23.3 Å². The summed E-state index contributed by atoms with van der Waals surface area (Å²) in [4.78, 5) is 25.1. The Morgan fingerprint density at radius 2 is 1.95 bits per heavy atom. The van der Waals surface area contributed by atoms with Gasteiger partial charge >= 0.3 is 0 Å². The highest BCUT2D eigenvalue weighted by molar-refractivity contribution is 6.13. The zero-order valence-corrected chi connectivity index (χ0v) is 12.3. The molecule has 110 valence electrons. The number of benzene rings is 1. The van der Waals surface area contributed by atoms with E-state index < -0.39 is 0 Å². The number of amides is 2. The molecule has 1 aliphatic heterocycles. The maximum absolute atomic E-state index is 11.9. The first-order valence-corrected chi connectivity index (χ1v) is 7.37. The molecule has 0 saturated heterocycles. The monoisotopic (exact) mass is 285 g/mol. The summed E-state index contributed by atoms with van der Waals surface area (Å²) in [5, 5.41) is 0. The van der Waals surface area contributed by atoms with Gasteiger partial charge in [-0.05, 0) is 36.0 Å². The topological polar surface area (TPSA) is 46.6 Å². The van der Waals surface area contributed by atoms with Crippen molar-refractivity contribution in [2.45, 2.75) is 32.7 Å². The minimum Gasteiger partial charge on any atom is -0.493 e. The second-order valence-electron chi connectivity index (χ2n) is 5.96. The molecule has 0 unspecified atom stereocenters. The predicted molar refractivity (Wildman–Crippen MR) is 78.8 cm³/mol. The van der Waals surface area contributed by atoms with Crippen LogP contribution >= 0.6 is 0 Å². The largest absolute Gasteiger partial charge is 0.493 e. The van der Waals surface area contributed by atoms with Crippen molar-refractivity contribution in [1.82, 2.24) is 4.90 Å². The van der Waals surface area contributed by atoms with E-state index in [9.17, 15) is 9.59 Å². The van der Waals surface area contributed by atoms with Gasteiger partial charge in [-0.15, -0.1) is 0 Å². The molecule has 1 atom stereocenters. The fraction of sp³-hybridized carbons (Fsp3) is 0.412. The van der Waals surface area contributed by atoms with E-state index in [0.717, 1.165) is 29.7 Å². The summed E-state index contributed by atoms with van der Waals surface area (Å²) in [6.45, 7) is 4.89. The molecule has 2 amide bonds. The maximum atomic E-state index is 11.9. The molecule has 0 fully saturated rings. The smallest absolute Gasteiger partial charge is 0.254 e. The first-order valence-electron chi connectivity index (χ1n) is 7.37. The van der Waals surface area contributed by atoms with Crippen LogP contribution in [0.15, 0.2) is 30.4 Å². The van der Waals surface area contributed by atoms with Crippen LogP contribution in [0.5, 0.6) is 5.75 Å². The van der Waals surface area contributed by atoms with E-state index in [-0.39, 0.29) is 17.9 Å². The van der Waals surface area contributed by atoms with Gasteiger partial charge in [0.05, 0.1) is 12.6 Å². The van der Waals surface area contributed by atoms with Crippen molar-refractivity contribution < 1.29 is 14.3 Å². The Labute approximate surface area is 124 Å². The summed E-state index contributed by atoms with van der Waals surface area (Å²) >= 11 is 0. The molecule has 0 spiro atoms. The second kappa shape index (κ2) is 5.35. The van der Waals surface area contributed by atoms with Gasteiger partial charge in [-0.3, -0.25) is 14.5 Å². The molecule has 0 aromatic heterocycles. The van der Waals surface area contributed by atoms with Crippen molar-refractivity contribution in [2.75, 3.05) is 6.61 Å². The SMILES string of the molecule is CC(C)COc1cccc2c1CC[C@@H]2N1C(=O)C=CC1=O. The third-order valence-electron chi connectivity index (χ3n) is 3.92. The first-order chi connectivity index (χ1) is 10.1. The summed E-state index contributed by atoms with van der Waals surface area (Å²) < 4.78 is 5.87. The number of nitrogens with zero attached hydrogens (tertiary/aromatic N) is 1. The van der Waals surface area contributed by atoms with E-state index >= 15 is 0 Å². The number of imide groups is 1. The van der Waals surface area contributed by atoms with Gasteiger partial charge in [-0.25, -0.2) is 0 Å². The third-order valence-corrected chi connectivity index (χ3v) is 3.92. The van der Waals surface area contributed by atoms with Gasteiger partial charge < -0.3 is 4.74 Å². The molecule has 1 aromatic carbocycles. The van der Waals surface area contributed by atoms with E-state index in [1.807, 2.05) is 18.2 Å². The van der Waals surface area contributed by atoms with Crippen molar-refractivity contribution in [1.29, 1.82) is 0 Å². The van der Waals surface area contributed by atoms with Gasteiger partial charge in [0.1, 0.15) is 5.75 Å². The zero-order chi connectivity index (χ0) is 15.0. The molecule has 0 radical (unpaired) electrons. The van der Waals surface area contributed by atoms with Gasteiger partial charge in [-0.2, -0.15) is 0 Å². The minimum absolute atomic E-state index is 0.155. The van der Waals surface area contributed by atoms with E-state index in [1.165, 1.54) is 17.1 Å². The van der Waals surface area contributed by atoms with E-state index in [4.69, 9.17) is 4.74 Å². The standard InChI is InChI=1S/C17H19NO3/c1-11(2)10-21-15-5-3-4-12-13(15)6-7-14(12)18-16(19)8-9-17(18)20/h3-5,8-9,11,14H,6-7,10H2,1-2H3/t14-/m0/s1. The lowest BCUT2D eigenvalue weighted by Gasteiger charge is -2.23. The highest BCUT2D eigenvalue weighted by atomic mass is 16.5. The highest BCUT2D eigenvalue weighted by Crippen LogP contribution is 2.41. The van der Waals surface area contributed by atoms with E-state index in [1.54, 1.807) is 0 Å². The van der Waals surface area contributed by atoms with E-state index in [2.05, 4.69) is 13.8 Å². The summed E-state index contributed by atoms with van der Waals surface area (Å²) in [7, 11) is 0. The lowest BCUT2D eigenvalue weighted by molar-refractivity contribution is -0.139. The van der Waals surface area contributed by atoms with Crippen LogP contribution in [0, 0.1) is 5.92 Å². The molecule has 2 aliphatic rings. The maximum Gasteiger partial charge on any atom is 0.254 e. The highest BCUT2D eigenvalue weighted by Gasteiger charge is 2.37. The summed E-state index contributed by atoms with van der Waals surface area (Å²) in [6.07, 6.45) is 4.31. The molecule has 0 saturated carbocycles. The Hall–Kier alpha value is -2.10. The Bertz CT molecular complexity index is 600. The van der Waals surface area contributed by atoms with Crippen LogP contribution in [-0.2, 0) is 16.0 Å². The number of hydrogen-bond acceptors (Lipinski definition) is 3. The lowest BCUT2D eigenvalue weighted by Crippen LogP contribution is -2.33. The van der Waals surface area contributed by atoms with Crippen LogP contribution in [0.25, 0.3) is 0 Å². The number of hydrogen-bond donors (Lipinski definition) is 0. The molecule has 4 nitrogen and oxygen atoms in total. The minimum atomic E-state index is -0.216. The molecular formula is C17H19NO3. The van der Waals surface area contributed by atoms with Crippen molar-refractivity contribution in [3.05, 3.63) is 41.5 Å². The van der Waals surface area contributed by atoms with Crippen LogP contribution in [0.3, 0.4) is 0 Å². The normalized spacial score (nSPS) is 20.5. The molecule has 0 N–H and O–H groups in total. The number of carbonyl (C=O) groups excluding carboxylic acids is 2. The first kappa shape index (κ1) is 13.9. The van der Waals surface area contributed by atoms with Crippen molar-refractivity contribution in [2.24, 2.45) is 5.92 Å². The van der Waals surface area contributed by atoms with Gasteiger partial charge in [0, 0.05) is 12.2 Å². The summed E-state index contributed by atoms with van der Waals surface area (Å²) in [5.41, 5.74) is 2.18. The Kier molecular flexibility index (Phi) is 3.53. The second-order valence-corrected chi connectivity index (χ2v) is 5.96. The zero-order valence-electron chi connectivity index (χ0n) is 12.3. The number of ether oxygens (including phenoxy) is 1. The molecule has 1 aliphatic carbocycles. The van der Waals surface area contributed by atoms with Crippen molar-refractivity contribution in [3.63, 3.8) is 0 Å². The fourth-order valence-corrected chi connectivity index (χ4v) is 2.98. The number of fused-ring (bicyclic) bond motifs is 1. The average molecular weight is 285 g/mol. The Morgan fingerprint density at radius 1 is 1.24 bits per heavy atom. The molecule has 1 heterocycles. The quantitative estimate of drug-likeness (QED) is 0.799. The molecule has 3 rings (SSSR count). The van der Waals surface area contributed by atoms with Crippen LogP contribution in [0.1, 0.15) is 37.4 Å². The Balaban J connectivity index is 1.87.